The monoisotopic (exact) mass is 491 g/mol. The van der Waals surface area contributed by atoms with E-state index in [2.05, 4.69) is 5.32 Å². The first-order valence-corrected chi connectivity index (χ1v) is 13.1. The number of thioether (sulfide) groups is 1. The number of aryl methyl sites for hydroxylation is 3. The van der Waals surface area contributed by atoms with Crippen molar-refractivity contribution < 1.29 is 9.53 Å². The van der Waals surface area contributed by atoms with Crippen LogP contribution in [0.1, 0.15) is 28.8 Å². The van der Waals surface area contributed by atoms with E-state index in [1.807, 2.05) is 43.3 Å². The van der Waals surface area contributed by atoms with Gasteiger partial charge in [0.05, 0.1) is 29.6 Å². The van der Waals surface area contributed by atoms with Crippen molar-refractivity contribution in [2.45, 2.75) is 37.8 Å². The number of thiophene rings is 1. The standard InChI is InChI=1S/C26H25N3O3S2/c1-16-11-13-17(14-12-16)29-25(31)23-18-7-3-6-10-21(18)34-24(23)28-26(29)33-15-22(30)27-19-8-4-5-9-20(19)32-2/h4-5,8-9,11-14H,3,6-7,10,15H2,1-2H3,(H,27,30). The molecule has 0 aliphatic heterocycles. The van der Waals surface area contributed by atoms with Gasteiger partial charge in [0, 0.05) is 4.88 Å². The van der Waals surface area contributed by atoms with E-state index in [1.165, 1.54) is 16.6 Å². The van der Waals surface area contributed by atoms with E-state index < -0.39 is 0 Å². The third kappa shape index (κ3) is 4.35. The SMILES string of the molecule is COc1ccccc1NC(=O)CSc1nc2sc3c(c2c(=O)n1-c1ccc(C)cc1)CCCC3. The summed E-state index contributed by atoms with van der Waals surface area (Å²) < 4.78 is 6.98. The first-order valence-electron chi connectivity index (χ1n) is 11.2. The molecule has 1 N–H and O–H groups in total. The summed E-state index contributed by atoms with van der Waals surface area (Å²) in [6.45, 7) is 2.01. The summed E-state index contributed by atoms with van der Waals surface area (Å²) in [5, 5.41) is 4.15. The molecule has 2 aromatic carbocycles. The van der Waals surface area contributed by atoms with Gasteiger partial charge in [-0.05, 0) is 62.4 Å². The summed E-state index contributed by atoms with van der Waals surface area (Å²) in [5.74, 6) is 0.526. The Morgan fingerprint density at radius 3 is 2.71 bits per heavy atom. The molecule has 2 heterocycles. The van der Waals surface area contributed by atoms with E-state index in [0.717, 1.165) is 52.7 Å². The summed E-state index contributed by atoms with van der Waals surface area (Å²) in [6, 6.07) is 15.1. The zero-order valence-corrected chi connectivity index (χ0v) is 20.7. The normalized spacial score (nSPS) is 13.0. The molecule has 2 aromatic heterocycles. The molecular weight excluding hydrogens is 466 g/mol. The van der Waals surface area contributed by atoms with Gasteiger partial charge in [0.2, 0.25) is 5.91 Å². The highest BCUT2D eigenvalue weighted by molar-refractivity contribution is 7.99. The minimum atomic E-state index is -0.190. The third-order valence-electron chi connectivity index (χ3n) is 5.96. The smallest absolute Gasteiger partial charge is 0.267 e. The highest BCUT2D eigenvalue weighted by Gasteiger charge is 2.23. The second-order valence-corrected chi connectivity index (χ2v) is 10.3. The van der Waals surface area contributed by atoms with Crippen LogP contribution in [-0.2, 0) is 17.6 Å². The van der Waals surface area contributed by atoms with Crippen LogP contribution in [0.2, 0.25) is 0 Å². The van der Waals surface area contributed by atoms with Gasteiger partial charge in [0.25, 0.3) is 5.56 Å². The van der Waals surface area contributed by atoms with Crippen LogP contribution in [-0.4, -0.2) is 28.3 Å². The molecule has 0 fully saturated rings. The molecule has 0 spiro atoms. The first kappa shape index (κ1) is 22.7. The van der Waals surface area contributed by atoms with Crippen LogP contribution in [0.15, 0.2) is 58.5 Å². The molecular formula is C26H25N3O3S2. The number of rotatable bonds is 6. The molecule has 5 rings (SSSR count). The molecule has 4 aromatic rings. The van der Waals surface area contributed by atoms with Crippen molar-refractivity contribution in [3.05, 3.63) is 74.9 Å². The van der Waals surface area contributed by atoms with Crippen LogP contribution in [0, 0.1) is 6.92 Å². The van der Waals surface area contributed by atoms with Crippen LogP contribution in [0.4, 0.5) is 5.69 Å². The number of nitrogens with zero attached hydrogens (tertiary/aromatic N) is 2. The number of carbonyl (C=O) groups excluding carboxylic acids is 1. The zero-order chi connectivity index (χ0) is 23.7. The fraction of sp³-hybridized carbons (Fsp3) is 0.269. The highest BCUT2D eigenvalue weighted by atomic mass is 32.2. The summed E-state index contributed by atoms with van der Waals surface area (Å²) in [6.07, 6.45) is 4.18. The lowest BCUT2D eigenvalue weighted by Crippen LogP contribution is -2.23. The topological polar surface area (TPSA) is 73.2 Å². The number of methoxy groups -OCH3 is 1. The number of hydrogen-bond acceptors (Lipinski definition) is 6. The maximum absolute atomic E-state index is 13.8. The number of ether oxygens (including phenoxy) is 1. The summed E-state index contributed by atoms with van der Waals surface area (Å²) in [4.78, 5) is 33.5. The van der Waals surface area contributed by atoms with Gasteiger partial charge in [0.1, 0.15) is 10.6 Å². The number of nitrogens with one attached hydrogen (secondary N) is 1. The van der Waals surface area contributed by atoms with Crippen LogP contribution in [0.25, 0.3) is 15.9 Å². The van der Waals surface area contributed by atoms with Crippen LogP contribution in [0.3, 0.4) is 0 Å². The minimum Gasteiger partial charge on any atom is -0.495 e. The van der Waals surface area contributed by atoms with Gasteiger partial charge < -0.3 is 10.1 Å². The molecule has 34 heavy (non-hydrogen) atoms. The molecule has 0 atom stereocenters. The van der Waals surface area contributed by atoms with E-state index in [1.54, 1.807) is 35.1 Å². The highest BCUT2D eigenvalue weighted by Crippen LogP contribution is 2.35. The van der Waals surface area contributed by atoms with Gasteiger partial charge in [0.15, 0.2) is 5.16 Å². The van der Waals surface area contributed by atoms with Gasteiger partial charge in [-0.3, -0.25) is 14.2 Å². The second kappa shape index (κ2) is 9.64. The fourth-order valence-electron chi connectivity index (χ4n) is 4.27. The van der Waals surface area contributed by atoms with Crippen LogP contribution >= 0.6 is 23.1 Å². The van der Waals surface area contributed by atoms with Crippen molar-refractivity contribution in [2.75, 3.05) is 18.2 Å². The lowest BCUT2D eigenvalue weighted by molar-refractivity contribution is -0.113. The Kier molecular flexibility index (Phi) is 6.43. The van der Waals surface area contributed by atoms with E-state index in [-0.39, 0.29) is 17.2 Å². The Morgan fingerprint density at radius 1 is 1.15 bits per heavy atom. The first-order chi connectivity index (χ1) is 16.5. The maximum Gasteiger partial charge on any atom is 0.267 e. The number of aromatic nitrogens is 2. The Hall–Kier alpha value is -3.10. The average Bonchev–Trinajstić information content (AvgIpc) is 3.22. The second-order valence-electron chi connectivity index (χ2n) is 8.30. The largest absolute Gasteiger partial charge is 0.495 e. The van der Waals surface area contributed by atoms with Gasteiger partial charge in [-0.1, -0.05) is 41.6 Å². The van der Waals surface area contributed by atoms with E-state index in [0.29, 0.717) is 16.6 Å². The molecule has 1 amide bonds. The summed E-state index contributed by atoms with van der Waals surface area (Å²) in [5.41, 5.74) is 3.59. The number of amides is 1. The molecule has 0 saturated heterocycles. The van der Waals surface area contributed by atoms with Crippen molar-refractivity contribution >= 4 is 44.9 Å². The number of carbonyl (C=O) groups is 1. The van der Waals surface area contributed by atoms with E-state index in [9.17, 15) is 9.59 Å². The van der Waals surface area contributed by atoms with Crippen molar-refractivity contribution in [3.63, 3.8) is 0 Å². The van der Waals surface area contributed by atoms with Crippen molar-refractivity contribution in [1.82, 2.24) is 9.55 Å². The maximum atomic E-state index is 13.8. The average molecular weight is 492 g/mol. The van der Waals surface area contributed by atoms with Gasteiger partial charge in [-0.15, -0.1) is 11.3 Å². The third-order valence-corrected chi connectivity index (χ3v) is 8.09. The van der Waals surface area contributed by atoms with Gasteiger partial charge in [-0.2, -0.15) is 0 Å². The molecule has 0 unspecified atom stereocenters. The van der Waals surface area contributed by atoms with E-state index >= 15 is 0 Å². The minimum absolute atomic E-state index is 0.0547. The number of benzene rings is 2. The Bertz CT molecular complexity index is 1420. The number of fused-ring (bicyclic) bond motifs is 3. The number of para-hydroxylation sites is 2. The van der Waals surface area contributed by atoms with Crippen LogP contribution < -0.4 is 15.6 Å². The molecule has 8 heteroatoms. The lowest BCUT2D eigenvalue weighted by atomic mass is 9.97. The quantitative estimate of drug-likeness (QED) is 0.290. The Balaban J connectivity index is 1.51. The molecule has 1 aliphatic carbocycles. The lowest BCUT2D eigenvalue weighted by Gasteiger charge is -2.14. The Morgan fingerprint density at radius 2 is 1.91 bits per heavy atom. The molecule has 0 bridgehead atoms. The fourth-order valence-corrected chi connectivity index (χ4v) is 6.38. The zero-order valence-electron chi connectivity index (χ0n) is 19.1. The van der Waals surface area contributed by atoms with Gasteiger partial charge >= 0.3 is 0 Å². The van der Waals surface area contributed by atoms with Crippen molar-refractivity contribution in [3.8, 4) is 11.4 Å². The van der Waals surface area contributed by atoms with Gasteiger partial charge in [-0.25, -0.2) is 4.98 Å². The molecule has 0 saturated carbocycles. The van der Waals surface area contributed by atoms with E-state index in [4.69, 9.17) is 9.72 Å². The number of anilines is 1. The van der Waals surface area contributed by atoms with Crippen molar-refractivity contribution in [1.29, 1.82) is 0 Å². The predicted octanol–water partition coefficient (Wildman–Crippen LogP) is 5.37. The molecule has 174 valence electrons. The summed E-state index contributed by atoms with van der Waals surface area (Å²) >= 11 is 2.89. The summed E-state index contributed by atoms with van der Waals surface area (Å²) in [7, 11) is 1.57. The van der Waals surface area contributed by atoms with Crippen molar-refractivity contribution in [2.24, 2.45) is 0 Å². The molecule has 0 radical (unpaired) electrons. The molecule has 1 aliphatic rings. The predicted molar refractivity (Wildman–Crippen MR) is 139 cm³/mol. The number of hydrogen-bond donors (Lipinski definition) is 1. The van der Waals surface area contributed by atoms with Crippen LogP contribution in [0.5, 0.6) is 5.75 Å². The Labute approximate surface area is 206 Å². The molecule has 6 nitrogen and oxygen atoms in total.